The molecule has 0 bridgehead atoms. The third-order valence-electron chi connectivity index (χ3n) is 4.40. The topological polar surface area (TPSA) is 126 Å². The fourth-order valence-corrected chi connectivity index (χ4v) is 4.26. The van der Waals surface area contributed by atoms with Gasteiger partial charge in [-0.25, -0.2) is 13.2 Å². The number of carboxylic acid groups (broad SMARTS) is 1. The predicted molar refractivity (Wildman–Crippen MR) is 91.8 cm³/mol. The van der Waals surface area contributed by atoms with E-state index in [0.29, 0.717) is 12.8 Å². The second-order valence-corrected chi connectivity index (χ2v) is 8.36. The van der Waals surface area contributed by atoms with Gasteiger partial charge in [-0.1, -0.05) is 0 Å². The number of rotatable bonds is 7. The number of pyridine rings is 1. The number of nitrogens with one attached hydrogen (secondary N) is 1. The number of aromatic nitrogens is 1. The van der Waals surface area contributed by atoms with Gasteiger partial charge in [0.25, 0.3) is 0 Å². The molecule has 0 radical (unpaired) electrons. The molecule has 0 saturated carbocycles. The van der Waals surface area contributed by atoms with Gasteiger partial charge >= 0.3 is 5.97 Å². The van der Waals surface area contributed by atoms with E-state index < -0.39 is 33.4 Å². The van der Waals surface area contributed by atoms with Crippen molar-refractivity contribution in [3.05, 3.63) is 24.5 Å². The summed E-state index contributed by atoms with van der Waals surface area (Å²) < 4.78 is 31.3. The van der Waals surface area contributed by atoms with E-state index in [4.69, 9.17) is 4.74 Å². The Bertz CT molecular complexity index is 747. The van der Waals surface area contributed by atoms with Gasteiger partial charge in [-0.3, -0.25) is 9.78 Å². The second-order valence-electron chi connectivity index (χ2n) is 6.43. The molecule has 1 amide bonds. The number of hydrogen-bond donors (Lipinski definition) is 2. The molecule has 10 heteroatoms. The van der Waals surface area contributed by atoms with Crippen molar-refractivity contribution in [2.24, 2.45) is 5.92 Å². The van der Waals surface area contributed by atoms with E-state index >= 15 is 0 Å². The van der Waals surface area contributed by atoms with Crippen molar-refractivity contribution >= 4 is 21.9 Å². The van der Waals surface area contributed by atoms with Crippen LogP contribution in [0.25, 0.3) is 0 Å². The zero-order valence-electron chi connectivity index (χ0n) is 14.7. The van der Waals surface area contributed by atoms with Gasteiger partial charge in [-0.05, 0) is 31.9 Å². The molecule has 1 aliphatic rings. The number of methoxy groups -OCH3 is 1. The number of amides is 1. The van der Waals surface area contributed by atoms with Gasteiger partial charge in [0.15, 0.2) is 5.54 Å². The van der Waals surface area contributed by atoms with Crippen LogP contribution in [0.2, 0.25) is 0 Å². The molecule has 1 fully saturated rings. The van der Waals surface area contributed by atoms with Crippen molar-refractivity contribution in [2.75, 3.05) is 26.8 Å². The highest BCUT2D eigenvalue weighted by Gasteiger charge is 2.38. The summed E-state index contributed by atoms with van der Waals surface area (Å²) in [6.07, 6.45) is 3.41. The van der Waals surface area contributed by atoms with Gasteiger partial charge in [0.1, 0.15) is 4.90 Å². The standard InChI is InChI=1S/C16H23N3O6S/c1-16(11-25-2,15(21)22)18-14(20)12-5-8-19(9-6-12)26(23,24)13-4-3-7-17-10-13/h3-4,7,10,12H,5-6,8-9,11H2,1-2H3,(H,18,20)(H,21,22). The van der Waals surface area contributed by atoms with Gasteiger partial charge in [0.05, 0.1) is 6.61 Å². The van der Waals surface area contributed by atoms with Crippen molar-refractivity contribution < 1.29 is 27.9 Å². The first-order chi connectivity index (χ1) is 12.2. The van der Waals surface area contributed by atoms with E-state index in [-0.39, 0.29) is 24.6 Å². The molecule has 0 aliphatic carbocycles. The first kappa shape index (κ1) is 20.3. The summed E-state index contributed by atoms with van der Waals surface area (Å²) in [6.45, 7) is 1.58. The Morgan fingerprint density at radius 3 is 2.58 bits per heavy atom. The molecule has 0 spiro atoms. The lowest BCUT2D eigenvalue weighted by molar-refractivity contribution is -0.150. The summed E-state index contributed by atoms with van der Waals surface area (Å²) in [5.74, 6) is -2.06. The van der Waals surface area contributed by atoms with E-state index in [9.17, 15) is 23.1 Å². The molecule has 144 valence electrons. The zero-order valence-corrected chi connectivity index (χ0v) is 15.5. The minimum Gasteiger partial charge on any atom is -0.479 e. The fourth-order valence-electron chi connectivity index (χ4n) is 2.82. The molecule has 9 nitrogen and oxygen atoms in total. The Morgan fingerprint density at radius 1 is 1.42 bits per heavy atom. The normalized spacial score (nSPS) is 18.8. The SMILES string of the molecule is COCC(C)(NC(=O)C1CCN(S(=O)(=O)c2cccnc2)CC1)C(=O)O. The number of carboxylic acids is 1. The largest absolute Gasteiger partial charge is 0.479 e. The summed E-state index contributed by atoms with van der Waals surface area (Å²) in [7, 11) is -2.29. The fraction of sp³-hybridized carbons (Fsp3) is 0.562. The lowest BCUT2D eigenvalue weighted by Gasteiger charge is -2.33. The third kappa shape index (κ3) is 4.37. The Hall–Kier alpha value is -2.04. The van der Waals surface area contributed by atoms with E-state index in [1.165, 1.54) is 36.8 Å². The Balaban J connectivity index is 2.00. The second kappa shape index (κ2) is 8.11. The van der Waals surface area contributed by atoms with Crippen molar-refractivity contribution in [3.8, 4) is 0 Å². The molecule has 1 aliphatic heterocycles. The molecule has 0 aromatic carbocycles. The first-order valence-corrected chi connectivity index (χ1v) is 9.59. The Morgan fingerprint density at radius 2 is 2.08 bits per heavy atom. The Kier molecular flexibility index (Phi) is 6.32. The van der Waals surface area contributed by atoms with E-state index in [1.807, 2.05) is 0 Å². The molecular formula is C16H23N3O6S. The number of ether oxygens (including phenoxy) is 1. The average Bonchev–Trinajstić information content (AvgIpc) is 2.62. The van der Waals surface area contributed by atoms with Crippen LogP contribution in [0.4, 0.5) is 0 Å². The van der Waals surface area contributed by atoms with Gasteiger partial charge in [0.2, 0.25) is 15.9 Å². The van der Waals surface area contributed by atoms with Crippen LogP contribution in [-0.4, -0.2) is 67.0 Å². The van der Waals surface area contributed by atoms with Crippen LogP contribution in [0.15, 0.2) is 29.4 Å². The minimum atomic E-state index is -3.64. The van der Waals surface area contributed by atoms with Gasteiger partial charge in [-0.15, -0.1) is 0 Å². The van der Waals surface area contributed by atoms with Crippen LogP contribution in [0.5, 0.6) is 0 Å². The highest BCUT2D eigenvalue weighted by atomic mass is 32.2. The number of carbonyl (C=O) groups excluding carboxylic acids is 1. The lowest BCUT2D eigenvalue weighted by atomic mass is 9.95. The molecule has 26 heavy (non-hydrogen) atoms. The number of hydrogen-bond acceptors (Lipinski definition) is 6. The highest BCUT2D eigenvalue weighted by molar-refractivity contribution is 7.89. The molecule has 1 atom stereocenters. The number of nitrogens with zero attached hydrogens (tertiary/aromatic N) is 2. The average molecular weight is 385 g/mol. The van der Waals surface area contributed by atoms with Gasteiger partial charge < -0.3 is 15.2 Å². The summed E-state index contributed by atoms with van der Waals surface area (Å²) in [4.78, 5) is 27.7. The minimum absolute atomic E-state index is 0.112. The number of sulfonamides is 1. The molecule has 1 aromatic rings. The zero-order chi connectivity index (χ0) is 19.4. The van der Waals surface area contributed by atoms with Gasteiger partial charge in [-0.2, -0.15) is 4.31 Å². The van der Waals surface area contributed by atoms with Crippen molar-refractivity contribution in [3.63, 3.8) is 0 Å². The molecule has 2 heterocycles. The smallest absolute Gasteiger partial charge is 0.331 e. The highest BCUT2D eigenvalue weighted by Crippen LogP contribution is 2.24. The third-order valence-corrected chi connectivity index (χ3v) is 6.28. The molecule has 2 rings (SSSR count). The molecule has 2 N–H and O–H groups in total. The quantitative estimate of drug-likeness (QED) is 0.681. The van der Waals surface area contributed by atoms with Crippen molar-refractivity contribution in [1.82, 2.24) is 14.6 Å². The van der Waals surface area contributed by atoms with Crippen molar-refractivity contribution in [1.29, 1.82) is 0 Å². The summed E-state index contributed by atoms with van der Waals surface area (Å²) >= 11 is 0. The number of carbonyl (C=O) groups is 2. The lowest BCUT2D eigenvalue weighted by Crippen LogP contribution is -2.57. The summed E-state index contributed by atoms with van der Waals surface area (Å²) in [5, 5.41) is 11.8. The van der Waals surface area contributed by atoms with Crippen LogP contribution in [0.1, 0.15) is 19.8 Å². The van der Waals surface area contributed by atoms with Crippen LogP contribution in [-0.2, 0) is 24.3 Å². The maximum atomic E-state index is 12.6. The van der Waals surface area contributed by atoms with Gasteiger partial charge in [0, 0.05) is 38.5 Å². The monoisotopic (exact) mass is 385 g/mol. The van der Waals surface area contributed by atoms with E-state index in [1.54, 1.807) is 6.07 Å². The summed E-state index contributed by atoms with van der Waals surface area (Å²) in [6, 6.07) is 3.03. The predicted octanol–water partition coefficient (Wildman–Crippen LogP) is 0.0882. The maximum Gasteiger partial charge on any atom is 0.331 e. The van der Waals surface area contributed by atoms with Crippen LogP contribution in [0.3, 0.4) is 0 Å². The summed E-state index contributed by atoms with van der Waals surface area (Å²) in [5.41, 5.74) is -1.52. The first-order valence-electron chi connectivity index (χ1n) is 8.15. The van der Waals surface area contributed by atoms with E-state index in [0.717, 1.165) is 0 Å². The molecule has 1 saturated heterocycles. The van der Waals surface area contributed by atoms with Crippen LogP contribution >= 0.6 is 0 Å². The van der Waals surface area contributed by atoms with Crippen LogP contribution in [0, 0.1) is 5.92 Å². The van der Waals surface area contributed by atoms with Crippen molar-refractivity contribution in [2.45, 2.75) is 30.2 Å². The maximum absolute atomic E-state index is 12.6. The molecular weight excluding hydrogens is 362 g/mol. The van der Waals surface area contributed by atoms with Crippen LogP contribution < -0.4 is 5.32 Å². The number of piperidine rings is 1. The molecule has 1 unspecified atom stereocenters. The number of aliphatic carboxylic acids is 1. The van der Waals surface area contributed by atoms with E-state index in [2.05, 4.69) is 10.3 Å². The Labute approximate surface area is 152 Å². The molecule has 1 aromatic heterocycles.